The van der Waals surface area contributed by atoms with E-state index >= 15 is 0 Å². The molecule has 0 bridgehead atoms. The molecule has 0 aliphatic carbocycles. The molecule has 3 aromatic rings. The van der Waals surface area contributed by atoms with Gasteiger partial charge >= 0.3 is 0 Å². The maximum absolute atomic E-state index is 10.2. The predicted molar refractivity (Wildman–Crippen MR) is 79.7 cm³/mol. The zero-order chi connectivity index (χ0) is 13.9. The molecule has 4 heteroatoms. The Kier molecular flexibility index (Phi) is 3.63. The van der Waals surface area contributed by atoms with E-state index in [0.717, 1.165) is 22.2 Å². The smallest absolute Gasteiger partial charge is 0.129 e. The summed E-state index contributed by atoms with van der Waals surface area (Å²) >= 11 is 5.74. The van der Waals surface area contributed by atoms with E-state index in [-0.39, 0.29) is 0 Å². The van der Waals surface area contributed by atoms with Crippen LogP contribution in [-0.2, 0) is 6.42 Å². The van der Waals surface area contributed by atoms with Crippen molar-refractivity contribution < 1.29 is 5.11 Å². The van der Waals surface area contributed by atoms with Crippen LogP contribution in [0.5, 0.6) is 0 Å². The molecule has 1 unspecified atom stereocenters. The van der Waals surface area contributed by atoms with Crippen molar-refractivity contribution in [2.75, 3.05) is 0 Å². The van der Waals surface area contributed by atoms with Gasteiger partial charge in [0.25, 0.3) is 0 Å². The molecule has 1 N–H and O–H groups in total. The highest BCUT2D eigenvalue weighted by molar-refractivity contribution is 6.29. The molecule has 3 rings (SSSR count). The fourth-order valence-electron chi connectivity index (χ4n) is 2.12. The van der Waals surface area contributed by atoms with Crippen LogP contribution in [0.2, 0.25) is 5.15 Å². The number of nitrogens with zero attached hydrogens (tertiary/aromatic N) is 2. The fraction of sp³-hybridized carbons (Fsp3) is 0.125. The van der Waals surface area contributed by atoms with Gasteiger partial charge in [0.05, 0.1) is 11.6 Å². The third kappa shape index (κ3) is 2.79. The molecule has 0 radical (unpaired) electrons. The Morgan fingerprint density at radius 3 is 2.70 bits per heavy atom. The first kappa shape index (κ1) is 13.0. The Balaban J connectivity index is 1.83. The lowest BCUT2D eigenvalue weighted by Crippen LogP contribution is -2.04. The molecular weight excluding hydrogens is 272 g/mol. The molecule has 0 aliphatic heterocycles. The fourth-order valence-corrected chi connectivity index (χ4v) is 2.23. The van der Waals surface area contributed by atoms with E-state index in [1.807, 2.05) is 36.4 Å². The van der Waals surface area contributed by atoms with Crippen LogP contribution in [-0.4, -0.2) is 15.1 Å². The summed E-state index contributed by atoms with van der Waals surface area (Å²) < 4.78 is 0. The van der Waals surface area contributed by atoms with Crippen LogP contribution in [0.4, 0.5) is 0 Å². The van der Waals surface area contributed by atoms with E-state index in [4.69, 9.17) is 11.6 Å². The molecule has 2 heterocycles. The first-order chi connectivity index (χ1) is 9.72. The van der Waals surface area contributed by atoms with Gasteiger partial charge in [0.1, 0.15) is 5.15 Å². The maximum Gasteiger partial charge on any atom is 0.129 e. The molecule has 0 amide bonds. The number of pyridine rings is 2. The Hall–Kier alpha value is -1.97. The molecular formula is C16H13ClN2O. The van der Waals surface area contributed by atoms with E-state index in [1.54, 1.807) is 18.3 Å². The molecule has 0 aliphatic rings. The van der Waals surface area contributed by atoms with Gasteiger partial charge in [-0.1, -0.05) is 41.9 Å². The second kappa shape index (κ2) is 5.57. The van der Waals surface area contributed by atoms with Crippen molar-refractivity contribution in [2.45, 2.75) is 12.5 Å². The van der Waals surface area contributed by atoms with E-state index < -0.39 is 6.10 Å². The molecule has 100 valence electrons. The number of para-hydroxylation sites is 1. The number of rotatable bonds is 3. The summed E-state index contributed by atoms with van der Waals surface area (Å²) in [7, 11) is 0. The third-order valence-corrected chi connectivity index (χ3v) is 3.42. The second-order valence-corrected chi connectivity index (χ2v) is 5.02. The second-order valence-electron chi connectivity index (χ2n) is 4.63. The van der Waals surface area contributed by atoms with Gasteiger partial charge in [-0.25, -0.2) is 4.98 Å². The highest BCUT2D eigenvalue weighted by atomic mass is 35.5. The van der Waals surface area contributed by atoms with Crippen molar-refractivity contribution in [2.24, 2.45) is 0 Å². The standard InChI is InChI=1S/C16H13ClN2O/c17-16-8-6-12(10-18-16)15(20)9-13-7-5-11-3-1-2-4-14(11)19-13/h1-8,10,15,20H,9H2. The number of aliphatic hydroxyl groups excluding tert-OH is 1. The summed E-state index contributed by atoms with van der Waals surface area (Å²) in [4.78, 5) is 8.53. The van der Waals surface area contributed by atoms with Gasteiger partial charge in [-0.15, -0.1) is 0 Å². The average molecular weight is 285 g/mol. The Bertz CT molecular complexity index is 728. The van der Waals surface area contributed by atoms with Crippen molar-refractivity contribution in [1.82, 2.24) is 9.97 Å². The number of hydrogen-bond acceptors (Lipinski definition) is 3. The van der Waals surface area contributed by atoms with E-state index in [9.17, 15) is 5.11 Å². The van der Waals surface area contributed by atoms with Gasteiger partial charge < -0.3 is 5.11 Å². The van der Waals surface area contributed by atoms with E-state index in [2.05, 4.69) is 9.97 Å². The quantitative estimate of drug-likeness (QED) is 0.748. The first-order valence-electron chi connectivity index (χ1n) is 6.36. The highest BCUT2D eigenvalue weighted by Gasteiger charge is 2.10. The van der Waals surface area contributed by atoms with Crippen LogP contribution in [0.3, 0.4) is 0 Å². The number of fused-ring (bicyclic) bond motifs is 1. The molecule has 20 heavy (non-hydrogen) atoms. The van der Waals surface area contributed by atoms with Gasteiger partial charge in [0.2, 0.25) is 0 Å². The summed E-state index contributed by atoms with van der Waals surface area (Å²) in [6, 6.07) is 15.3. The Morgan fingerprint density at radius 2 is 1.90 bits per heavy atom. The summed E-state index contributed by atoms with van der Waals surface area (Å²) in [5, 5.41) is 11.7. The largest absolute Gasteiger partial charge is 0.388 e. The normalized spacial score (nSPS) is 12.5. The van der Waals surface area contributed by atoms with Crippen LogP contribution < -0.4 is 0 Å². The summed E-state index contributed by atoms with van der Waals surface area (Å²) in [5.41, 5.74) is 2.53. The van der Waals surface area contributed by atoms with Crippen LogP contribution in [0.25, 0.3) is 10.9 Å². The van der Waals surface area contributed by atoms with Crippen LogP contribution in [0.1, 0.15) is 17.4 Å². The van der Waals surface area contributed by atoms with Crippen molar-refractivity contribution in [1.29, 1.82) is 0 Å². The van der Waals surface area contributed by atoms with Gasteiger partial charge in [-0.05, 0) is 23.8 Å². The number of benzene rings is 1. The lowest BCUT2D eigenvalue weighted by atomic mass is 10.1. The van der Waals surface area contributed by atoms with Gasteiger partial charge in [0.15, 0.2) is 0 Å². The predicted octanol–water partition coefficient (Wildman–Crippen LogP) is 3.56. The van der Waals surface area contributed by atoms with Crippen LogP contribution >= 0.6 is 11.6 Å². The van der Waals surface area contributed by atoms with Crippen LogP contribution in [0.15, 0.2) is 54.7 Å². The zero-order valence-electron chi connectivity index (χ0n) is 10.7. The summed E-state index contributed by atoms with van der Waals surface area (Å²) in [6.45, 7) is 0. The number of hydrogen-bond donors (Lipinski definition) is 1. The summed E-state index contributed by atoms with van der Waals surface area (Å²) in [5.74, 6) is 0. The monoisotopic (exact) mass is 284 g/mol. The minimum absolute atomic E-state index is 0.421. The van der Waals surface area contributed by atoms with Gasteiger partial charge in [-0.3, -0.25) is 4.98 Å². The number of halogens is 1. The van der Waals surface area contributed by atoms with E-state index in [0.29, 0.717) is 11.6 Å². The lowest BCUT2D eigenvalue weighted by molar-refractivity contribution is 0.177. The lowest BCUT2D eigenvalue weighted by Gasteiger charge is -2.10. The molecule has 0 fully saturated rings. The van der Waals surface area contributed by atoms with Crippen molar-refractivity contribution in [3.05, 3.63) is 71.1 Å². The SMILES string of the molecule is OC(Cc1ccc2ccccc2n1)c1ccc(Cl)nc1. The zero-order valence-corrected chi connectivity index (χ0v) is 11.5. The highest BCUT2D eigenvalue weighted by Crippen LogP contribution is 2.19. The van der Waals surface area contributed by atoms with Crippen molar-refractivity contribution >= 4 is 22.5 Å². The third-order valence-electron chi connectivity index (χ3n) is 3.19. The first-order valence-corrected chi connectivity index (χ1v) is 6.74. The van der Waals surface area contributed by atoms with Gasteiger partial charge in [0, 0.05) is 23.7 Å². The van der Waals surface area contributed by atoms with Crippen molar-refractivity contribution in [3.8, 4) is 0 Å². The molecule has 0 saturated carbocycles. The number of aliphatic hydroxyl groups is 1. The molecule has 1 aromatic carbocycles. The summed E-state index contributed by atoms with van der Waals surface area (Å²) in [6.07, 6.45) is 1.41. The number of aromatic nitrogens is 2. The Labute approximate surface area is 121 Å². The molecule has 2 aromatic heterocycles. The van der Waals surface area contributed by atoms with Gasteiger partial charge in [-0.2, -0.15) is 0 Å². The maximum atomic E-state index is 10.2. The topological polar surface area (TPSA) is 46.0 Å². The average Bonchev–Trinajstić information content (AvgIpc) is 2.48. The minimum Gasteiger partial charge on any atom is -0.388 e. The van der Waals surface area contributed by atoms with E-state index in [1.165, 1.54) is 0 Å². The van der Waals surface area contributed by atoms with Crippen LogP contribution in [0, 0.1) is 0 Å². The molecule has 0 spiro atoms. The van der Waals surface area contributed by atoms with Crippen molar-refractivity contribution in [3.63, 3.8) is 0 Å². The molecule has 1 atom stereocenters. The molecule has 0 saturated heterocycles. The minimum atomic E-state index is -0.631. The molecule has 3 nitrogen and oxygen atoms in total. The Morgan fingerprint density at radius 1 is 1.05 bits per heavy atom.